The lowest BCUT2D eigenvalue weighted by molar-refractivity contribution is 0.0942. The lowest BCUT2D eigenvalue weighted by Gasteiger charge is -2.14. The summed E-state index contributed by atoms with van der Waals surface area (Å²) in [6.07, 6.45) is 0.497. The summed E-state index contributed by atoms with van der Waals surface area (Å²) in [6.45, 7) is 2.68. The molecule has 0 saturated carbocycles. The molecule has 0 aliphatic carbocycles. The van der Waals surface area contributed by atoms with Crippen molar-refractivity contribution in [2.45, 2.75) is 19.4 Å². The number of para-hydroxylation sites is 1. The van der Waals surface area contributed by atoms with Crippen molar-refractivity contribution in [3.05, 3.63) is 29.8 Å². The molecule has 1 amide bonds. The fourth-order valence-corrected chi connectivity index (χ4v) is 3.87. The molecule has 0 spiro atoms. The molecule has 1 atom stereocenters. The van der Waals surface area contributed by atoms with E-state index in [0.717, 1.165) is 12.2 Å². The first-order valence-corrected chi connectivity index (χ1v) is 8.18. The van der Waals surface area contributed by atoms with Crippen LogP contribution in [0.5, 0.6) is 0 Å². The van der Waals surface area contributed by atoms with Gasteiger partial charge in [0.2, 0.25) is 0 Å². The number of sulfone groups is 1. The zero-order valence-electron chi connectivity index (χ0n) is 10.8. The van der Waals surface area contributed by atoms with Crippen LogP contribution in [0, 0.1) is 0 Å². The Hall–Kier alpha value is -1.56. The Balaban J connectivity index is 2.08. The van der Waals surface area contributed by atoms with Crippen molar-refractivity contribution in [3.63, 3.8) is 0 Å². The van der Waals surface area contributed by atoms with Crippen LogP contribution in [0.1, 0.15) is 23.7 Å². The second-order valence-corrected chi connectivity index (χ2v) is 6.88. The molecule has 1 heterocycles. The summed E-state index contributed by atoms with van der Waals surface area (Å²) in [7, 11) is -2.97. The molecule has 6 heteroatoms. The standard InChI is InChI=1S/C13H18N2O3S/c1-2-14-12-6-4-3-5-11(12)13(16)15-10-7-8-19(17,18)9-10/h3-6,10,14H,2,7-9H2,1H3,(H,15,16). The largest absolute Gasteiger partial charge is 0.385 e. The molecule has 0 radical (unpaired) electrons. The average Bonchev–Trinajstić information content (AvgIpc) is 2.69. The highest BCUT2D eigenvalue weighted by Crippen LogP contribution is 2.17. The van der Waals surface area contributed by atoms with Gasteiger partial charge in [-0.25, -0.2) is 8.42 Å². The molecule has 2 N–H and O–H groups in total. The number of rotatable bonds is 4. The summed E-state index contributed by atoms with van der Waals surface area (Å²) in [6, 6.07) is 6.95. The van der Waals surface area contributed by atoms with E-state index in [2.05, 4.69) is 10.6 Å². The van der Waals surface area contributed by atoms with Crippen LogP contribution in [0.4, 0.5) is 5.69 Å². The first kappa shape index (κ1) is 13.9. The average molecular weight is 282 g/mol. The first-order chi connectivity index (χ1) is 9.02. The summed E-state index contributed by atoms with van der Waals surface area (Å²) in [5.74, 6) is -0.0202. The van der Waals surface area contributed by atoms with Crippen molar-refractivity contribution in [2.24, 2.45) is 0 Å². The number of hydrogen-bond donors (Lipinski definition) is 2. The van der Waals surface area contributed by atoms with Crippen molar-refractivity contribution in [1.29, 1.82) is 0 Å². The van der Waals surface area contributed by atoms with Gasteiger partial charge in [0.05, 0.1) is 17.1 Å². The summed E-state index contributed by atoms with van der Waals surface area (Å²) in [4.78, 5) is 12.2. The van der Waals surface area contributed by atoms with E-state index in [1.54, 1.807) is 12.1 Å². The molecule has 1 aromatic rings. The molecule has 1 aromatic carbocycles. The molecule has 104 valence electrons. The Bertz CT molecular complexity index is 569. The smallest absolute Gasteiger partial charge is 0.253 e. The summed E-state index contributed by atoms with van der Waals surface area (Å²) < 4.78 is 22.7. The van der Waals surface area contributed by atoms with Gasteiger partial charge in [-0.05, 0) is 25.5 Å². The Morgan fingerprint density at radius 3 is 2.74 bits per heavy atom. The van der Waals surface area contributed by atoms with E-state index in [4.69, 9.17) is 0 Å². The van der Waals surface area contributed by atoms with Gasteiger partial charge in [0.25, 0.3) is 5.91 Å². The van der Waals surface area contributed by atoms with Gasteiger partial charge in [-0.3, -0.25) is 4.79 Å². The minimum absolute atomic E-state index is 0.0438. The lowest BCUT2D eigenvalue weighted by Crippen LogP contribution is -2.35. The highest BCUT2D eigenvalue weighted by molar-refractivity contribution is 7.91. The SMILES string of the molecule is CCNc1ccccc1C(=O)NC1CCS(=O)(=O)C1. The van der Waals surface area contributed by atoms with Crippen molar-refractivity contribution in [1.82, 2.24) is 5.32 Å². The van der Waals surface area contributed by atoms with Crippen LogP contribution < -0.4 is 10.6 Å². The van der Waals surface area contributed by atoms with Gasteiger partial charge in [-0.15, -0.1) is 0 Å². The summed E-state index contributed by atoms with van der Waals surface area (Å²) in [5, 5.41) is 5.91. The van der Waals surface area contributed by atoms with Gasteiger partial charge >= 0.3 is 0 Å². The van der Waals surface area contributed by atoms with Crippen molar-refractivity contribution < 1.29 is 13.2 Å². The molecule has 2 rings (SSSR count). The number of carbonyl (C=O) groups is 1. The van der Waals surface area contributed by atoms with Crippen LogP contribution in [-0.2, 0) is 9.84 Å². The van der Waals surface area contributed by atoms with Crippen LogP contribution >= 0.6 is 0 Å². The fourth-order valence-electron chi connectivity index (χ4n) is 2.20. The number of carbonyl (C=O) groups excluding carboxylic acids is 1. The Labute approximate surface area is 113 Å². The summed E-state index contributed by atoms with van der Waals surface area (Å²) >= 11 is 0. The molecule has 0 aromatic heterocycles. The van der Waals surface area contributed by atoms with Gasteiger partial charge in [-0.2, -0.15) is 0 Å². The molecular formula is C13H18N2O3S. The predicted octanol–water partition coefficient (Wildman–Crippen LogP) is 1.04. The highest BCUT2D eigenvalue weighted by atomic mass is 32.2. The van der Waals surface area contributed by atoms with E-state index in [0.29, 0.717) is 12.0 Å². The number of benzene rings is 1. The van der Waals surface area contributed by atoms with E-state index in [-0.39, 0.29) is 23.5 Å². The van der Waals surface area contributed by atoms with Gasteiger partial charge in [0.15, 0.2) is 9.84 Å². The molecule has 1 fully saturated rings. The van der Waals surface area contributed by atoms with Gasteiger partial charge < -0.3 is 10.6 Å². The Kier molecular flexibility index (Phi) is 4.09. The molecule has 1 aliphatic rings. The third-order valence-electron chi connectivity index (χ3n) is 3.11. The molecule has 1 unspecified atom stereocenters. The number of nitrogens with one attached hydrogen (secondary N) is 2. The maximum atomic E-state index is 12.2. The van der Waals surface area contributed by atoms with E-state index in [1.165, 1.54) is 0 Å². The van der Waals surface area contributed by atoms with Crippen molar-refractivity contribution in [3.8, 4) is 0 Å². The van der Waals surface area contributed by atoms with Gasteiger partial charge in [0.1, 0.15) is 0 Å². The zero-order chi connectivity index (χ0) is 13.9. The first-order valence-electron chi connectivity index (χ1n) is 6.36. The maximum Gasteiger partial charge on any atom is 0.253 e. The van der Waals surface area contributed by atoms with E-state index in [1.807, 2.05) is 19.1 Å². The van der Waals surface area contributed by atoms with Crippen LogP contribution in [0.2, 0.25) is 0 Å². The molecule has 0 bridgehead atoms. The van der Waals surface area contributed by atoms with Crippen molar-refractivity contribution in [2.75, 3.05) is 23.4 Å². The van der Waals surface area contributed by atoms with Crippen molar-refractivity contribution >= 4 is 21.4 Å². The molecular weight excluding hydrogens is 264 g/mol. The normalized spacial score (nSPS) is 21.0. The molecule has 5 nitrogen and oxygen atoms in total. The van der Waals surface area contributed by atoms with Gasteiger partial charge in [-0.1, -0.05) is 12.1 Å². The van der Waals surface area contributed by atoms with Gasteiger partial charge in [0, 0.05) is 18.3 Å². The third kappa shape index (κ3) is 3.47. The van der Waals surface area contributed by atoms with Crippen LogP contribution in [0.15, 0.2) is 24.3 Å². The number of hydrogen-bond acceptors (Lipinski definition) is 4. The van der Waals surface area contributed by atoms with Crippen LogP contribution in [-0.4, -0.2) is 38.4 Å². The minimum Gasteiger partial charge on any atom is -0.385 e. The Morgan fingerprint density at radius 1 is 1.37 bits per heavy atom. The number of amides is 1. The lowest BCUT2D eigenvalue weighted by atomic mass is 10.1. The van der Waals surface area contributed by atoms with E-state index < -0.39 is 9.84 Å². The summed E-state index contributed by atoms with van der Waals surface area (Å²) in [5.41, 5.74) is 1.32. The minimum atomic E-state index is -2.97. The predicted molar refractivity (Wildman–Crippen MR) is 75.1 cm³/mol. The quantitative estimate of drug-likeness (QED) is 0.865. The topological polar surface area (TPSA) is 75.3 Å². The molecule has 1 saturated heterocycles. The monoisotopic (exact) mass is 282 g/mol. The zero-order valence-corrected chi connectivity index (χ0v) is 11.7. The van der Waals surface area contributed by atoms with E-state index >= 15 is 0 Å². The molecule has 1 aliphatic heterocycles. The maximum absolute atomic E-state index is 12.2. The highest BCUT2D eigenvalue weighted by Gasteiger charge is 2.29. The fraction of sp³-hybridized carbons (Fsp3) is 0.462. The second kappa shape index (κ2) is 5.61. The van der Waals surface area contributed by atoms with Crippen LogP contribution in [0.25, 0.3) is 0 Å². The third-order valence-corrected chi connectivity index (χ3v) is 4.87. The van der Waals surface area contributed by atoms with Crippen LogP contribution in [0.3, 0.4) is 0 Å². The molecule has 19 heavy (non-hydrogen) atoms. The second-order valence-electron chi connectivity index (χ2n) is 4.65. The Morgan fingerprint density at radius 2 is 2.11 bits per heavy atom. The number of anilines is 1. The van der Waals surface area contributed by atoms with E-state index in [9.17, 15) is 13.2 Å².